The van der Waals surface area contributed by atoms with Gasteiger partial charge in [0.1, 0.15) is 11.3 Å². The number of furan rings is 1. The van der Waals surface area contributed by atoms with Crippen molar-refractivity contribution in [2.75, 3.05) is 6.54 Å². The zero-order valence-corrected chi connectivity index (χ0v) is 12.2. The first-order valence-corrected chi connectivity index (χ1v) is 6.96. The van der Waals surface area contributed by atoms with E-state index in [1.807, 2.05) is 0 Å². The SMILES string of the molecule is [N-]=[N+]=NCCc1cc2cc(-c3cc[c]cn3)cc(C(F)(F)F)c2o1. The van der Waals surface area contributed by atoms with Gasteiger partial charge in [0.25, 0.3) is 0 Å². The smallest absolute Gasteiger partial charge is 0.420 e. The van der Waals surface area contributed by atoms with E-state index in [0.29, 0.717) is 22.4 Å². The van der Waals surface area contributed by atoms with Gasteiger partial charge in [-0.3, -0.25) is 4.98 Å². The Balaban J connectivity index is 2.14. The molecule has 0 atom stereocenters. The van der Waals surface area contributed by atoms with Gasteiger partial charge in [0, 0.05) is 41.1 Å². The van der Waals surface area contributed by atoms with Crippen molar-refractivity contribution < 1.29 is 17.6 Å². The van der Waals surface area contributed by atoms with Crippen LogP contribution in [0.4, 0.5) is 13.2 Å². The van der Waals surface area contributed by atoms with Gasteiger partial charge in [0.05, 0.1) is 11.3 Å². The maximum atomic E-state index is 13.4. The Morgan fingerprint density at radius 3 is 2.79 bits per heavy atom. The first kappa shape index (κ1) is 15.9. The van der Waals surface area contributed by atoms with Crippen LogP contribution in [0.15, 0.2) is 46.1 Å². The number of fused-ring (bicyclic) bond motifs is 1. The van der Waals surface area contributed by atoms with Crippen LogP contribution >= 0.6 is 0 Å². The number of halogens is 3. The van der Waals surface area contributed by atoms with E-state index in [1.54, 1.807) is 18.2 Å². The summed E-state index contributed by atoms with van der Waals surface area (Å²) in [7, 11) is 0. The third kappa shape index (κ3) is 3.18. The maximum Gasteiger partial charge on any atom is 0.420 e. The largest absolute Gasteiger partial charge is 0.460 e. The van der Waals surface area contributed by atoms with E-state index >= 15 is 0 Å². The van der Waals surface area contributed by atoms with Gasteiger partial charge < -0.3 is 4.42 Å². The molecule has 8 heteroatoms. The highest BCUT2D eigenvalue weighted by atomic mass is 19.4. The number of nitrogens with zero attached hydrogens (tertiary/aromatic N) is 4. The zero-order valence-electron chi connectivity index (χ0n) is 12.2. The van der Waals surface area contributed by atoms with Gasteiger partial charge in [0.15, 0.2) is 0 Å². The average Bonchev–Trinajstić information content (AvgIpc) is 2.96. The summed E-state index contributed by atoms with van der Waals surface area (Å²) in [6, 6.07) is 10.0. The summed E-state index contributed by atoms with van der Waals surface area (Å²) in [6.45, 7) is 0.112. The molecule has 0 aliphatic rings. The van der Waals surface area contributed by atoms with E-state index in [-0.39, 0.29) is 18.5 Å². The number of pyridine rings is 1. The lowest BCUT2D eigenvalue weighted by molar-refractivity contribution is -0.136. The highest BCUT2D eigenvalue weighted by Crippen LogP contribution is 2.39. The molecular weight excluding hydrogens is 321 g/mol. The molecule has 0 amide bonds. The molecule has 3 rings (SSSR count). The fraction of sp³-hybridized carbons (Fsp3) is 0.188. The predicted octanol–water partition coefficient (Wildman–Crippen LogP) is 5.17. The molecule has 3 aromatic rings. The van der Waals surface area contributed by atoms with Gasteiger partial charge in [-0.1, -0.05) is 11.2 Å². The van der Waals surface area contributed by atoms with E-state index < -0.39 is 11.7 Å². The average molecular weight is 331 g/mol. The fourth-order valence-electron chi connectivity index (χ4n) is 2.38. The minimum absolute atomic E-state index is 0.112. The Kier molecular flexibility index (Phi) is 4.14. The summed E-state index contributed by atoms with van der Waals surface area (Å²) in [5.41, 5.74) is 7.93. The number of benzene rings is 1. The van der Waals surface area contributed by atoms with Gasteiger partial charge in [-0.2, -0.15) is 13.2 Å². The van der Waals surface area contributed by atoms with Gasteiger partial charge in [-0.15, -0.1) is 0 Å². The summed E-state index contributed by atoms with van der Waals surface area (Å²) < 4.78 is 45.5. The molecule has 0 fully saturated rings. The van der Waals surface area contributed by atoms with Gasteiger partial charge in [0.2, 0.25) is 0 Å². The molecule has 1 radical (unpaired) electrons. The van der Waals surface area contributed by atoms with Crippen LogP contribution in [0.1, 0.15) is 11.3 Å². The zero-order chi connectivity index (χ0) is 17.2. The van der Waals surface area contributed by atoms with Crippen LogP contribution in [0.25, 0.3) is 32.7 Å². The molecule has 0 spiro atoms. The van der Waals surface area contributed by atoms with Gasteiger partial charge >= 0.3 is 6.18 Å². The highest BCUT2D eigenvalue weighted by Gasteiger charge is 2.35. The minimum Gasteiger partial charge on any atom is -0.460 e. The van der Waals surface area contributed by atoms with Crippen LogP contribution in [0.2, 0.25) is 0 Å². The Labute approximate surface area is 134 Å². The van der Waals surface area contributed by atoms with Crippen molar-refractivity contribution in [1.29, 1.82) is 0 Å². The fourth-order valence-corrected chi connectivity index (χ4v) is 2.38. The summed E-state index contributed by atoms with van der Waals surface area (Å²) in [6.07, 6.45) is -2.94. The molecule has 5 nitrogen and oxygen atoms in total. The molecule has 0 N–H and O–H groups in total. The molecule has 121 valence electrons. The van der Waals surface area contributed by atoms with Crippen LogP contribution in [0.3, 0.4) is 0 Å². The molecular formula is C16H10F3N4O. The van der Waals surface area contributed by atoms with Crippen molar-refractivity contribution in [3.63, 3.8) is 0 Å². The molecule has 0 saturated carbocycles. The topological polar surface area (TPSA) is 74.8 Å². The van der Waals surface area contributed by atoms with Crippen molar-refractivity contribution >= 4 is 11.0 Å². The van der Waals surface area contributed by atoms with Gasteiger partial charge in [-0.25, -0.2) is 0 Å². The van der Waals surface area contributed by atoms with Crippen LogP contribution in [-0.2, 0) is 12.6 Å². The van der Waals surface area contributed by atoms with Crippen molar-refractivity contribution in [1.82, 2.24) is 4.98 Å². The van der Waals surface area contributed by atoms with Crippen LogP contribution < -0.4 is 0 Å². The minimum atomic E-state index is -4.56. The monoisotopic (exact) mass is 331 g/mol. The third-order valence-corrected chi connectivity index (χ3v) is 3.41. The quantitative estimate of drug-likeness (QED) is 0.376. The van der Waals surface area contributed by atoms with Crippen molar-refractivity contribution in [2.45, 2.75) is 12.6 Å². The molecule has 0 aliphatic carbocycles. The second-order valence-corrected chi connectivity index (χ2v) is 5.00. The first-order chi connectivity index (χ1) is 11.5. The highest BCUT2D eigenvalue weighted by molar-refractivity contribution is 5.87. The van der Waals surface area contributed by atoms with E-state index in [4.69, 9.17) is 9.95 Å². The normalized spacial score (nSPS) is 11.5. The Bertz CT molecular complexity index is 912. The Hall–Kier alpha value is -2.99. The lowest BCUT2D eigenvalue weighted by atomic mass is 10.0. The number of hydrogen-bond acceptors (Lipinski definition) is 3. The molecule has 0 unspecified atom stereocenters. The van der Waals surface area contributed by atoms with E-state index in [1.165, 1.54) is 12.3 Å². The molecule has 2 heterocycles. The predicted molar refractivity (Wildman–Crippen MR) is 81.0 cm³/mol. The van der Waals surface area contributed by atoms with Crippen molar-refractivity contribution in [3.8, 4) is 11.3 Å². The van der Waals surface area contributed by atoms with Crippen LogP contribution in [0, 0.1) is 6.07 Å². The molecule has 0 bridgehead atoms. The molecule has 24 heavy (non-hydrogen) atoms. The molecule has 0 saturated heterocycles. The number of aromatic nitrogens is 1. The summed E-state index contributed by atoms with van der Waals surface area (Å²) in [4.78, 5) is 6.65. The number of alkyl halides is 3. The van der Waals surface area contributed by atoms with Crippen molar-refractivity contribution in [2.24, 2.45) is 5.11 Å². The summed E-state index contributed by atoms with van der Waals surface area (Å²) >= 11 is 0. The van der Waals surface area contributed by atoms with Crippen molar-refractivity contribution in [3.05, 3.63) is 64.4 Å². The van der Waals surface area contributed by atoms with Crippen LogP contribution in [0.5, 0.6) is 0 Å². The number of hydrogen-bond donors (Lipinski definition) is 0. The lowest BCUT2D eigenvalue weighted by Gasteiger charge is -2.09. The summed E-state index contributed by atoms with van der Waals surface area (Å²) in [5.74, 6) is 0.328. The third-order valence-electron chi connectivity index (χ3n) is 3.41. The molecule has 1 aromatic carbocycles. The second kappa shape index (κ2) is 6.25. The second-order valence-electron chi connectivity index (χ2n) is 5.00. The van der Waals surface area contributed by atoms with E-state index in [2.05, 4.69) is 21.1 Å². The maximum absolute atomic E-state index is 13.4. The Morgan fingerprint density at radius 2 is 2.12 bits per heavy atom. The van der Waals surface area contributed by atoms with Crippen LogP contribution in [-0.4, -0.2) is 11.5 Å². The van der Waals surface area contributed by atoms with E-state index in [0.717, 1.165) is 6.07 Å². The standard InChI is InChI=1S/C16H10F3N4O/c17-16(18,19)13-9-10(14-3-1-2-5-21-14)7-11-8-12(24-15(11)13)4-6-22-23-20/h1,3,5,7-9H,4,6H2. The Morgan fingerprint density at radius 1 is 1.29 bits per heavy atom. The van der Waals surface area contributed by atoms with E-state index in [9.17, 15) is 13.2 Å². The number of azide groups is 1. The lowest BCUT2D eigenvalue weighted by Crippen LogP contribution is -2.05. The van der Waals surface area contributed by atoms with Gasteiger partial charge in [-0.05, 0) is 29.8 Å². The summed E-state index contributed by atoms with van der Waals surface area (Å²) in [5, 5.41) is 3.68. The molecule has 2 aromatic heterocycles. The first-order valence-electron chi connectivity index (χ1n) is 6.96. The molecule has 0 aliphatic heterocycles. The number of rotatable bonds is 4.